The smallest absolute Gasteiger partial charge is 0.237 e. The first-order valence-electron chi connectivity index (χ1n) is 6.89. The van der Waals surface area contributed by atoms with E-state index in [-0.39, 0.29) is 17.9 Å². The average molecular weight is 256 g/mol. The molecule has 1 atom stereocenters. The summed E-state index contributed by atoms with van der Waals surface area (Å²) in [6.07, 6.45) is 3.78. The van der Waals surface area contributed by atoms with Gasteiger partial charge < -0.3 is 16.2 Å². The second-order valence-corrected chi connectivity index (χ2v) is 6.95. The van der Waals surface area contributed by atoms with Crippen LogP contribution in [0, 0.1) is 11.3 Å². The first-order valence-corrected chi connectivity index (χ1v) is 6.89. The Kier molecular flexibility index (Phi) is 4.78. The Labute approximate surface area is 110 Å². The second-order valence-electron chi connectivity index (χ2n) is 6.95. The van der Waals surface area contributed by atoms with Gasteiger partial charge >= 0.3 is 0 Å². The van der Waals surface area contributed by atoms with Gasteiger partial charge in [-0.15, -0.1) is 0 Å². The Morgan fingerprint density at radius 2 is 1.94 bits per heavy atom. The second kappa shape index (κ2) is 5.57. The van der Waals surface area contributed by atoms with E-state index in [9.17, 15) is 9.90 Å². The summed E-state index contributed by atoms with van der Waals surface area (Å²) in [4.78, 5) is 12.2. The molecule has 0 aromatic heterocycles. The highest BCUT2D eigenvalue weighted by Gasteiger charge is 2.38. The van der Waals surface area contributed by atoms with E-state index in [0.29, 0.717) is 5.92 Å². The van der Waals surface area contributed by atoms with Crippen molar-refractivity contribution in [2.24, 2.45) is 17.1 Å². The lowest BCUT2D eigenvalue weighted by atomic mass is 9.77. The van der Waals surface area contributed by atoms with Crippen LogP contribution in [-0.4, -0.2) is 29.2 Å². The van der Waals surface area contributed by atoms with Crippen molar-refractivity contribution < 1.29 is 9.90 Å². The number of rotatable bonds is 3. The van der Waals surface area contributed by atoms with Crippen molar-refractivity contribution in [2.75, 3.05) is 6.61 Å². The number of aliphatic hydroxyl groups is 1. The van der Waals surface area contributed by atoms with E-state index in [2.05, 4.69) is 12.2 Å². The predicted octanol–water partition coefficient (Wildman–Crippen LogP) is 1.42. The Balaban J connectivity index is 2.66. The van der Waals surface area contributed by atoms with Gasteiger partial charge in [0.1, 0.15) is 0 Å². The van der Waals surface area contributed by atoms with Gasteiger partial charge in [0, 0.05) is 0 Å². The average Bonchev–Trinajstić information content (AvgIpc) is 2.30. The lowest BCUT2D eigenvalue weighted by Crippen LogP contribution is -2.59. The molecule has 0 bridgehead atoms. The van der Waals surface area contributed by atoms with Crippen molar-refractivity contribution in [3.8, 4) is 0 Å². The zero-order valence-corrected chi connectivity index (χ0v) is 12.1. The number of aliphatic hydroxyl groups excluding tert-OH is 1. The van der Waals surface area contributed by atoms with Crippen LogP contribution < -0.4 is 11.1 Å². The maximum absolute atomic E-state index is 12.2. The van der Waals surface area contributed by atoms with Gasteiger partial charge in [-0.05, 0) is 37.0 Å². The first kappa shape index (κ1) is 15.4. The maximum Gasteiger partial charge on any atom is 0.237 e. The van der Waals surface area contributed by atoms with E-state index in [4.69, 9.17) is 5.73 Å². The maximum atomic E-state index is 12.2. The van der Waals surface area contributed by atoms with Crippen LogP contribution in [0.3, 0.4) is 0 Å². The minimum Gasteiger partial charge on any atom is -0.394 e. The Bertz CT molecular complexity index is 289. The van der Waals surface area contributed by atoms with Crippen LogP contribution in [0.1, 0.15) is 53.4 Å². The number of hydrogen-bond acceptors (Lipinski definition) is 3. The quantitative estimate of drug-likeness (QED) is 0.715. The van der Waals surface area contributed by atoms with Crippen molar-refractivity contribution in [3.05, 3.63) is 0 Å². The van der Waals surface area contributed by atoms with Gasteiger partial charge in [-0.25, -0.2) is 0 Å². The summed E-state index contributed by atoms with van der Waals surface area (Å²) >= 11 is 0. The third-order valence-corrected chi connectivity index (χ3v) is 4.14. The monoisotopic (exact) mass is 256 g/mol. The van der Waals surface area contributed by atoms with Crippen LogP contribution >= 0.6 is 0 Å². The van der Waals surface area contributed by atoms with E-state index < -0.39 is 11.6 Å². The molecule has 4 N–H and O–H groups in total. The summed E-state index contributed by atoms with van der Waals surface area (Å²) in [5.41, 5.74) is 5.25. The van der Waals surface area contributed by atoms with Crippen LogP contribution in [0.15, 0.2) is 0 Å². The summed E-state index contributed by atoms with van der Waals surface area (Å²) in [7, 11) is 0. The van der Waals surface area contributed by atoms with Crippen molar-refractivity contribution in [1.82, 2.24) is 5.32 Å². The fourth-order valence-electron chi connectivity index (χ4n) is 2.37. The molecule has 0 aromatic rings. The molecule has 1 aliphatic rings. The molecular weight excluding hydrogens is 228 g/mol. The molecule has 0 heterocycles. The molecule has 0 spiro atoms. The molecule has 4 nitrogen and oxygen atoms in total. The van der Waals surface area contributed by atoms with Crippen molar-refractivity contribution in [1.29, 1.82) is 0 Å². The molecule has 1 rings (SSSR count). The lowest BCUT2D eigenvalue weighted by molar-refractivity contribution is -0.127. The molecule has 4 heteroatoms. The van der Waals surface area contributed by atoms with Gasteiger partial charge in [0.2, 0.25) is 5.91 Å². The summed E-state index contributed by atoms with van der Waals surface area (Å²) in [5.74, 6) is 0.531. The molecule has 106 valence electrons. The number of nitrogens with two attached hydrogens (primary N) is 1. The Hall–Kier alpha value is -0.610. The van der Waals surface area contributed by atoms with E-state index in [1.165, 1.54) is 0 Å². The third kappa shape index (κ3) is 3.69. The molecule has 1 aliphatic carbocycles. The summed E-state index contributed by atoms with van der Waals surface area (Å²) in [5, 5.41) is 12.6. The lowest BCUT2D eigenvalue weighted by Gasteiger charge is -2.40. The molecule has 1 saturated carbocycles. The SMILES string of the molecule is CC1CCC(CO)(NC(=O)[C@@H](N)C(C)(C)C)CC1. The Morgan fingerprint density at radius 1 is 1.44 bits per heavy atom. The number of carbonyl (C=O) groups excluding carboxylic acids is 1. The van der Waals surface area contributed by atoms with E-state index in [1.807, 2.05) is 20.8 Å². The highest BCUT2D eigenvalue weighted by Crippen LogP contribution is 2.32. The van der Waals surface area contributed by atoms with Crippen molar-refractivity contribution in [2.45, 2.75) is 65.0 Å². The highest BCUT2D eigenvalue weighted by atomic mass is 16.3. The molecule has 0 saturated heterocycles. The van der Waals surface area contributed by atoms with Gasteiger partial charge in [-0.1, -0.05) is 27.7 Å². The summed E-state index contributed by atoms with van der Waals surface area (Å²) in [6, 6.07) is -0.541. The predicted molar refractivity (Wildman–Crippen MR) is 73.0 cm³/mol. The van der Waals surface area contributed by atoms with E-state index >= 15 is 0 Å². The van der Waals surface area contributed by atoms with Crippen molar-refractivity contribution in [3.63, 3.8) is 0 Å². The molecule has 1 fully saturated rings. The van der Waals surface area contributed by atoms with Gasteiger partial charge in [-0.3, -0.25) is 4.79 Å². The Morgan fingerprint density at radius 3 is 2.33 bits per heavy atom. The number of nitrogens with one attached hydrogen (secondary N) is 1. The largest absolute Gasteiger partial charge is 0.394 e. The normalized spacial score (nSPS) is 30.9. The zero-order valence-electron chi connectivity index (χ0n) is 12.1. The zero-order chi connectivity index (χ0) is 14.0. The molecule has 0 aromatic carbocycles. The highest BCUT2D eigenvalue weighted by molar-refractivity contribution is 5.83. The van der Waals surface area contributed by atoms with Crippen LogP contribution in [0.25, 0.3) is 0 Å². The molecule has 1 amide bonds. The standard InChI is InChI=1S/C14H28N2O2/c1-10-5-7-14(9-17,8-6-10)16-12(18)11(15)13(2,3)4/h10-11,17H,5-9,15H2,1-4H3,(H,16,18)/t10?,11-,14?/m1/s1. The number of amides is 1. The third-order valence-electron chi connectivity index (χ3n) is 4.14. The van der Waals surface area contributed by atoms with Crippen LogP contribution in [0.5, 0.6) is 0 Å². The van der Waals surface area contributed by atoms with E-state index in [1.54, 1.807) is 0 Å². The van der Waals surface area contributed by atoms with Gasteiger partial charge in [0.15, 0.2) is 0 Å². The molecule has 0 aliphatic heterocycles. The first-order chi connectivity index (χ1) is 8.20. The fourth-order valence-corrected chi connectivity index (χ4v) is 2.37. The van der Waals surface area contributed by atoms with Gasteiger partial charge in [0.25, 0.3) is 0 Å². The van der Waals surface area contributed by atoms with Crippen LogP contribution in [0.2, 0.25) is 0 Å². The summed E-state index contributed by atoms with van der Waals surface area (Å²) < 4.78 is 0. The topological polar surface area (TPSA) is 75.3 Å². The minimum absolute atomic E-state index is 0.00230. The number of carbonyl (C=O) groups is 1. The van der Waals surface area contributed by atoms with Crippen LogP contribution in [-0.2, 0) is 4.79 Å². The minimum atomic E-state index is -0.541. The molecule has 0 unspecified atom stereocenters. The molecular formula is C14H28N2O2. The summed E-state index contributed by atoms with van der Waals surface area (Å²) in [6.45, 7) is 8.07. The van der Waals surface area contributed by atoms with E-state index in [0.717, 1.165) is 25.7 Å². The molecule has 0 radical (unpaired) electrons. The van der Waals surface area contributed by atoms with Crippen molar-refractivity contribution >= 4 is 5.91 Å². The number of hydrogen-bond donors (Lipinski definition) is 3. The molecule has 18 heavy (non-hydrogen) atoms. The van der Waals surface area contributed by atoms with Gasteiger partial charge in [-0.2, -0.15) is 0 Å². The fraction of sp³-hybridized carbons (Fsp3) is 0.929. The van der Waals surface area contributed by atoms with Crippen LogP contribution in [0.4, 0.5) is 0 Å². The van der Waals surface area contributed by atoms with Gasteiger partial charge in [0.05, 0.1) is 18.2 Å².